The fraction of sp³-hybridized carbons (Fsp3) is 0. The molecule has 1 heterocycles. The van der Waals surface area contributed by atoms with Crippen LogP contribution in [0.4, 0.5) is 11.4 Å². The van der Waals surface area contributed by atoms with Gasteiger partial charge in [-0.25, -0.2) is 4.98 Å². The first-order valence-corrected chi connectivity index (χ1v) is 8.80. The van der Waals surface area contributed by atoms with Crippen molar-refractivity contribution in [3.63, 3.8) is 0 Å². The number of aromatic amines is 1. The molecule has 1 aromatic heterocycles. The lowest BCUT2D eigenvalue weighted by Crippen LogP contribution is -2.20. The number of carboxylic acid groups (broad SMARTS) is 2. The Hall–Kier alpha value is -4.73. The second-order valence-corrected chi connectivity index (χ2v) is 6.18. The number of nitrogens with one attached hydrogen (secondary N) is 3. The summed E-state index contributed by atoms with van der Waals surface area (Å²) in [5.74, 6) is -3.61. The van der Waals surface area contributed by atoms with Gasteiger partial charge < -0.3 is 35.4 Å². The Balaban J connectivity index is 1.73. The number of aliphatic carboxylic acids is 2. The third-order valence-electron chi connectivity index (χ3n) is 3.92. The van der Waals surface area contributed by atoms with Crippen molar-refractivity contribution in [1.82, 2.24) is 9.97 Å². The van der Waals surface area contributed by atoms with E-state index in [0.29, 0.717) is 40.4 Å². The van der Waals surface area contributed by atoms with Crippen LogP contribution in [0.1, 0.15) is 0 Å². The van der Waals surface area contributed by atoms with Crippen molar-refractivity contribution in [2.45, 2.75) is 0 Å². The van der Waals surface area contributed by atoms with Gasteiger partial charge in [0.15, 0.2) is 0 Å². The number of fused-ring (bicyclic) bond motifs is 1. The minimum atomic E-state index is -1.47. The number of aromatic nitrogens is 2. The fourth-order valence-electron chi connectivity index (χ4n) is 2.59. The van der Waals surface area contributed by atoms with Crippen molar-refractivity contribution in [2.75, 3.05) is 10.6 Å². The summed E-state index contributed by atoms with van der Waals surface area (Å²) in [5.41, 5.74) is 2.91. The third kappa shape index (κ3) is 5.87. The zero-order valence-electron chi connectivity index (χ0n) is 15.7. The molecule has 0 atom stereocenters. The van der Waals surface area contributed by atoms with Gasteiger partial charge in [-0.3, -0.25) is 9.59 Å². The van der Waals surface area contributed by atoms with E-state index in [1.165, 1.54) is 0 Å². The van der Waals surface area contributed by atoms with Crippen molar-refractivity contribution in [3.05, 3.63) is 66.8 Å². The molecule has 0 radical (unpaired) electrons. The third-order valence-corrected chi connectivity index (χ3v) is 3.92. The number of nitrogens with zero attached hydrogens (tertiary/aromatic N) is 1. The number of carbonyl (C=O) groups excluding carboxylic acids is 4. The van der Waals surface area contributed by atoms with E-state index in [0.717, 1.165) is 17.7 Å². The molecule has 0 saturated carbocycles. The second-order valence-electron chi connectivity index (χ2n) is 6.18. The van der Waals surface area contributed by atoms with E-state index in [2.05, 4.69) is 20.6 Å². The van der Waals surface area contributed by atoms with E-state index < -0.39 is 23.8 Å². The first-order chi connectivity index (χ1) is 14.8. The molecule has 0 aliphatic heterocycles. The van der Waals surface area contributed by atoms with Crippen LogP contribution in [0.2, 0.25) is 0 Å². The van der Waals surface area contributed by atoms with Gasteiger partial charge in [-0.15, -0.1) is 0 Å². The highest BCUT2D eigenvalue weighted by Gasteiger charge is 2.08. The summed E-state index contributed by atoms with van der Waals surface area (Å²) in [5, 5.41) is 25.7. The highest BCUT2D eigenvalue weighted by atomic mass is 16.4. The molecule has 0 unspecified atom stereocenters. The van der Waals surface area contributed by atoms with Crippen molar-refractivity contribution in [3.8, 4) is 11.4 Å². The van der Waals surface area contributed by atoms with Crippen molar-refractivity contribution >= 4 is 46.2 Å². The molecule has 0 spiro atoms. The molecule has 0 aliphatic rings. The Morgan fingerprint density at radius 3 is 1.90 bits per heavy atom. The van der Waals surface area contributed by atoms with Gasteiger partial charge in [0.2, 0.25) is 11.8 Å². The molecule has 10 nitrogen and oxygen atoms in total. The molecule has 0 fully saturated rings. The average Bonchev–Trinajstić information content (AvgIpc) is 3.14. The maximum absolute atomic E-state index is 11.7. The molecule has 3 aromatic rings. The zero-order chi connectivity index (χ0) is 22.4. The lowest BCUT2D eigenvalue weighted by atomic mass is 10.2. The van der Waals surface area contributed by atoms with Crippen LogP contribution in [0, 0.1) is 0 Å². The summed E-state index contributed by atoms with van der Waals surface area (Å²) in [6.45, 7) is 0. The highest BCUT2D eigenvalue weighted by Crippen LogP contribution is 2.24. The van der Waals surface area contributed by atoms with Crippen molar-refractivity contribution in [2.24, 2.45) is 0 Å². The minimum absolute atomic E-state index is 0.443. The van der Waals surface area contributed by atoms with E-state index >= 15 is 0 Å². The highest BCUT2D eigenvalue weighted by molar-refractivity contribution is 6.03. The van der Waals surface area contributed by atoms with Crippen LogP contribution in [0.3, 0.4) is 0 Å². The van der Waals surface area contributed by atoms with Crippen LogP contribution in [0.25, 0.3) is 22.4 Å². The maximum atomic E-state index is 11.7. The van der Waals surface area contributed by atoms with Crippen LogP contribution in [0.15, 0.2) is 66.8 Å². The molecule has 2 amide bonds. The lowest BCUT2D eigenvalue weighted by molar-refractivity contribution is -0.298. The fourth-order valence-corrected chi connectivity index (χ4v) is 2.59. The van der Waals surface area contributed by atoms with Gasteiger partial charge in [0, 0.05) is 29.1 Å². The van der Waals surface area contributed by atoms with E-state index in [9.17, 15) is 29.4 Å². The van der Waals surface area contributed by atoms with E-state index in [1.807, 2.05) is 0 Å². The maximum Gasteiger partial charge on any atom is 0.248 e. The number of carbonyl (C=O) groups is 4. The molecule has 2 aromatic carbocycles. The Morgan fingerprint density at radius 2 is 1.32 bits per heavy atom. The molecule has 156 valence electrons. The number of carboxylic acids is 2. The van der Waals surface area contributed by atoms with E-state index in [1.54, 1.807) is 42.5 Å². The Labute approximate surface area is 174 Å². The predicted octanol–water partition coefficient (Wildman–Crippen LogP) is -0.281. The van der Waals surface area contributed by atoms with Gasteiger partial charge in [0.05, 0.1) is 23.0 Å². The number of hydrogen-bond acceptors (Lipinski definition) is 7. The Kier molecular flexibility index (Phi) is 6.21. The van der Waals surface area contributed by atoms with Crippen LogP contribution in [-0.2, 0) is 19.2 Å². The topological polar surface area (TPSA) is 167 Å². The van der Waals surface area contributed by atoms with Crippen LogP contribution < -0.4 is 20.8 Å². The summed E-state index contributed by atoms with van der Waals surface area (Å²) in [6.07, 6.45) is 2.97. The quantitative estimate of drug-likeness (QED) is 0.443. The minimum Gasteiger partial charge on any atom is -0.545 e. The summed E-state index contributed by atoms with van der Waals surface area (Å²) < 4.78 is 0. The number of imidazole rings is 1. The molecule has 3 rings (SSSR count). The van der Waals surface area contributed by atoms with Crippen molar-refractivity contribution < 1.29 is 29.4 Å². The normalized spacial score (nSPS) is 11.1. The SMILES string of the molecule is O=C([O-])/C=C/C(=O)Nc1ccc(-c2nc3ccc(NC(=O)/C=C/C(=O)[O-])cc3[nH]2)cc1. The predicted molar refractivity (Wildman–Crippen MR) is 107 cm³/mol. The van der Waals surface area contributed by atoms with Crippen molar-refractivity contribution in [1.29, 1.82) is 0 Å². The molecular weight excluding hydrogens is 404 g/mol. The number of H-pyrrole nitrogens is 1. The molecular formula is C21H14N4O6-2. The Morgan fingerprint density at radius 1 is 0.774 bits per heavy atom. The van der Waals surface area contributed by atoms with Gasteiger partial charge in [0.25, 0.3) is 0 Å². The summed E-state index contributed by atoms with van der Waals surface area (Å²) in [6, 6.07) is 11.6. The first kappa shape index (κ1) is 21.0. The van der Waals surface area contributed by atoms with Gasteiger partial charge in [0.1, 0.15) is 5.82 Å². The van der Waals surface area contributed by atoms with Gasteiger partial charge in [-0.1, -0.05) is 0 Å². The van der Waals surface area contributed by atoms with Gasteiger partial charge in [-0.2, -0.15) is 0 Å². The number of hydrogen-bond donors (Lipinski definition) is 3. The smallest absolute Gasteiger partial charge is 0.248 e. The van der Waals surface area contributed by atoms with Crippen LogP contribution in [0.5, 0.6) is 0 Å². The number of benzene rings is 2. The molecule has 0 bridgehead atoms. The van der Waals surface area contributed by atoms with E-state index in [4.69, 9.17) is 0 Å². The van der Waals surface area contributed by atoms with Gasteiger partial charge >= 0.3 is 0 Å². The summed E-state index contributed by atoms with van der Waals surface area (Å²) in [4.78, 5) is 51.5. The lowest BCUT2D eigenvalue weighted by Gasteiger charge is -2.03. The number of amides is 2. The molecule has 10 heteroatoms. The molecule has 31 heavy (non-hydrogen) atoms. The second kappa shape index (κ2) is 9.18. The Bertz CT molecular complexity index is 1220. The average molecular weight is 418 g/mol. The van der Waals surface area contributed by atoms with Crippen LogP contribution >= 0.6 is 0 Å². The first-order valence-electron chi connectivity index (χ1n) is 8.80. The van der Waals surface area contributed by atoms with Crippen LogP contribution in [-0.4, -0.2) is 33.7 Å². The zero-order valence-corrected chi connectivity index (χ0v) is 15.7. The van der Waals surface area contributed by atoms with E-state index in [-0.39, 0.29) is 0 Å². The summed E-state index contributed by atoms with van der Waals surface area (Å²) >= 11 is 0. The molecule has 0 aliphatic carbocycles. The number of anilines is 2. The largest absolute Gasteiger partial charge is 0.545 e. The number of rotatable bonds is 7. The standard InChI is InChI=1S/C21H16N4O6/c26-17(7-9-19(28)29)22-13-3-1-12(2-4-13)21-24-15-6-5-14(11-16(15)25-21)23-18(27)8-10-20(30)31/h1-11H,(H,22,26)(H,23,27)(H,24,25)(H,28,29)(H,30,31)/p-2/b9-7+,10-8+. The summed E-state index contributed by atoms with van der Waals surface area (Å²) in [7, 11) is 0. The monoisotopic (exact) mass is 418 g/mol. The molecule has 0 saturated heterocycles. The van der Waals surface area contributed by atoms with Gasteiger partial charge in [-0.05, 0) is 54.6 Å². The molecule has 3 N–H and O–H groups in total.